The third-order valence-corrected chi connectivity index (χ3v) is 17.6. The number of aryl methyl sites for hydroxylation is 1. The van der Waals surface area contributed by atoms with Crippen LogP contribution in [-0.2, 0) is 17.8 Å². The van der Waals surface area contributed by atoms with Crippen molar-refractivity contribution in [2.24, 2.45) is 5.41 Å². The second-order valence-electron chi connectivity index (χ2n) is 13.2. The molecule has 0 saturated carbocycles. The summed E-state index contributed by atoms with van der Waals surface area (Å²) in [5.41, 5.74) is 5.36. The first-order valence-electron chi connectivity index (χ1n) is 13.8. The molecule has 0 fully saturated rings. The van der Waals surface area contributed by atoms with Gasteiger partial charge in [0.05, 0.1) is 0 Å². The van der Waals surface area contributed by atoms with Crippen LogP contribution >= 0.6 is 0 Å². The zero-order valence-corrected chi connectivity index (χ0v) is 27.3. The topological polar surface area (TPSA) is 9.23 Å². The molecule has 0 saturated heterocycles. The molecule has 1 nitrogen and oxygen atoms in total. The average Bonchev–Trinajstić information content (AvgIpc) is 3.35. The molecule has 0 radical (unpaired) electrons. The molecule has 198 valence electrons. The van der Waals surface area contributed by atoms with Crippen molar-refractivity contribution < 1.29 is 21.1 Å². The molecule has 1 aliphatic carbocycles. The van der Waals surface area contributed by atoms with E-state index in [0.29, 0.717) is 0 Å². The van der Waals surface area contributed by atoms with Gasteiger partial charge in [0.15, 0.2) is 0 Å². The fourth-order valence-corrected chi connectivity index (χ4v) is 11.3. The van der Waals surface area contributed by atoms with Gasteiger partial charge in [-0.2, -0.15) is 0 Å². The maximum atomic E-state index is 7.38. The van der Waals surface area contributed by atoms with Crippen molar-refractivity contribution in [2.45, 2.75) is 73.0 Å². The van der Waals surface area contributed by atoms with Crippen LogP contribution < -0.4 is 8.51 Å². The average molecular weight is 557 g/mol. The number of benzene rings is 3. The molecule has 0 unspecified atom stereocenters. The molecule has 0 aliphatic heterocycles. The van der Waals surface area contributed by atoms with Crippen LogP contribution in [0.3, 0.4) is 0 Å². The van der Waals surface area contributed by atoms with Crippen LogP contribution in [0.1, 0.15) is 64.7 Å². The number of hydrogen-bond donors (Lipinski definition) is 0. The van der Waals surface area contributed by atoms with E-state index in [1.54, 1.807) is 0 Å². The first-order valence-corrected chi connectivity index (χ1v) is 19.0. The van der Waals surface area contributed by atoms with Crippen molar-refractivity contribution >= 4 is 17.1 Å². The fraction of sp³-hybridized carbons (Fsp3) is 0.343. The van der Waals surface area contributed by atoms with E-state index >= 15 is 0 Å². The predicted molar refractivity (Wildman–Crippen MR) is 165 cm³/mol. The Hall–Kier alpha value is -2.26. The first-order chi connectivity index (χ1) is 17.8. The van der Waals surface area contributed by atoms with Crippen LogP contribution in [0.15, 0.2) is 100 Å². The fourth-order valence-electron chi connectivity index (χ4n) is 5.04. The second kappa shape index (κ2) is 11.1. The van der Waals surface area contributed by atoms with Gasteiger partial charge in [-0.05, 0) is 0 Å². The summed E-state index contributed by atoms with van der Waals surface area (Å²) in [5.74, 6) is 1.04. The molecule has 3 heteroatoms. The summed E-state index contributed by atoms with van der Waals surface area (Å²) in [7, 11) is -1.72. The van der Waals surface area contributed by atoms with E-state index in [1.807, 2.05) is 0 Å². The number of rotatable bonds is 6. The SMILES string of the molecule is Cc1cc([O][Ti]([C]2=C(C(C)(C)C)C=CC2)=[C](c2ccccc2)c2ccccc2)cc([Si](C)(C)C(C)(C)C)c1. The van der Waals surface area contributed by atoms with Gasteiger partial charge >= 0.3 is 240 Å². The minimum absolute atomic E-state index is 0.0708. The van der Waals surface area contributed by atoms with E-state index in [-0.39, 0.29) is 10.5 Å². The molecule has 0 N–H and O–H groups in total. The Kier molecular flexibility index (Phi) is 8.38. The van der Waals surface area contributed by atoms with Crippen molar-refractivity contribution in [3.05, 3.63) is 117 Å². The summed E-state index contributed by atoms with van der Waals surface area (Å²) in [6.45, 7) is 21.4. The Morgan fingerprint density at radius 2 is 1.34 bits per heavy atom. The van der Waals surface area contributed by atoms with Crippen LogP contribution in [0.4, 0.5) is 0 Å². The van der Waals surface area contributed by atoms with E-state index in [0.717, 1.165) is 12.2 Å². The van der Waals surface area contributed by atoms with Gasteiger partial charge in [-0.1, -0.05) is 0 Å². The van der Waals surface area contributed by atoms with Crippen LogP contribution in [0, 0.1) is 12.3 Å². The molecule has 0 spiro atoms. The normalized spacial score (nSPS) is 14.1. The molecule has 0 aromatic heterocycles. The van der Waals surface area contributed by atoms with Gasteiger partial charge in [-0.25, -0.2) is 0 Å². The van der Waals surface area contributed by atoms with E-state index in [2.05, 4.69) is 153 Å². The van der Waals surface area contributed by atoms with Crippen molar-refractivity contribution in [1.29, 1.82) is 0 Å². The molecule has 1 aliphatic rings. The summed E-state index contributed by atoms with van der Waals surface area (Å²) in [4.78, 5) is 0. The van der Waals surface area contributed by atoms with Crippen molar-refractivity contribution in [1.82, 2.24) is 0 Å². The second-order valence-corrected chi connectivity index (χ2v) is 21.6. The van der Waals surface area contributed by atoms with Gasteiger partial charge in [0.25, 0.3) is 0 Å². The molecule has 4 rings (SSSR count). The maximum absolute atomic E-state index is 7.38. The molecule has 3 aromatic carbocycles. The monoisotopic (exact) mass is 556 g/mol. The summed E-state index contributed by atoms with van der Waals surface area (Å²) in [6, 6.07) is 28.9. The first kappa shape index (κ1) is 28.7. The van der Waals surface area contributed by atoms with Crippen molar-refractivity contribution in [2.75, 3.05) is 0 Å². The summed E-state index contributed by atoms with van der Waals surface area (Å²) < 4.78 is 10.3. The van der Waals surface area contributed by atoms with E-state index in [9.17, 15) is 0 Å². The molecule has 0 bridgehead atoms. The Morgan fingerprint density at radius 3 is 1.84 bits per heavy atom. The van der Waals surface area contributed by atoms with Crippen LogP contribution in [-0.4, -0.2) is 11.9 Å². The quantitative estimate of drug-likeness (QED) is 0.275. The van der Waals surface area contributed by atoms with Gasteiger partial charge in [0.1, 0.15) is 0 Å². The van der Waals surface area contributed by atoms with Gasteiger partial charge in [0, 0.05) is 0 Å². The molecule has 0 atom stereocenters. The summed E-state index contributed by atoms with van der Waals surface area (Å²) >= 11 is -2.51. The molecule has 0 amide bonds. The molecular formula is C35H44OSiTi. The molecule has 0 heterocycles. The Balaban J connectivity index is 2.01. The number of allylic oxidation sites excluding steroid dienone is 4. The molecule has 3 aromatic rings. The Morgan fingerprint density at radius 1 is 0.789 bits per heavy atom. The third-order valence-electron chi connectivity index (χ3n) is 8.23. The van der Waals surface area contributed by atoms with Crippen LogP contribution in [0.2, 0.25) is 18.1 Å². The minimum atomic E-state index is -2.51. The Bertz CT molecular complexity index is 1340. The zero-order chi connectivity index (χ0) is 27.7. The third kappa shape index (κ3) is 6.14. The zero-order valence-electron chi connectivity index (χ0n) is 24.8. The van der Waals surface area contributed by atoms with Gasteiger partial charge in [0.2, 0.25) is 0 Å². The number of hydrogen-bond acceptors (Lipinski definition) is 1. The molecular weight excluding hydrogens is 512 g/mol. The van der Waals surface area contributed by atoms with Crippen LogP contribution in [0.25, 0.3) is 0 Å². The van der Waals surface area contributed by atoms with Crippen molar-refractivity contribution in [3.8, 4) is 5.75 Å². The van der Waals surface area contributed by atoms with Gasteiger partial charge in [-0.15, -0.1) is 0 Å². The summed E-state index contributed by atoms with van der Waals surface area (Å²) in [6.07, 6.45) is 5.68. The van der Waals surface area contributed by atoms with Crippen LogP contribution in [0.5, 0.6) is 5.75 Å². The Labute approximate surface area is 238 Å². The van der Waals surface area contributed by atoms with E-state index in [4.69, 9.17) is 3.32 Å². The standard InChI is InChI=1S/C13H22OSi.C13H10.C9H13.Ti/c1-10-7-11(14)9-12(8-10)15(5,6)13(2,3)4;1-3-7-12(8-4-1)11-13-9-5-2-6-10-13;1-9(2,3)8-6-4-5-7-8;/h7-9,14H,1-6H3;1-10H;4,6H,5H2,1-3H3;/q;;;+1/p-1. The van der Waals surface area contributed by atoms with Gasteiger partial charge < -0.3 is 0 Å². The van der Waals surface area contributed by atoms with E-state index < -0.39 is 25.9 Å². The van der Waals surface area contributed by atoms with Gasteiger partial charge in [-0.3, -0.25) is 0 Å². The summed E-state index contributed by atoms with van der Waals surface area (Å²) in [5, 5.41) is 1.74. The molecule has 38 heavy (non-hydrogen) atoms. The van der Waals surface area contributed by atoms with E-state index in [1.165, 1.54) is 35.1 Å². The van der Waals surface area contributed by atoms with Crippen molar-refractivity contribution in [3.63, 3.8) is 0 Å². The predicted octanol–water partition coefficient (Wildman–Crippen LogP) is 9.15.